The van der Waals surface area contributed by atoms with Gasteiger partial charge in [0.1, 0.15) is 17.1 Å². The molecule has 3 rings (SSSR count). The zero-order valence-electron chi connectivity index (χ0n) is 14.8. The molecule has 0 aliphatic carbocycles. The van der Waals surface area contributed by atoms with E-state index in [1.54, 1.807) is 0 Å². The second kappa shape index (κ2) is 7.76. The molecule has 10 nitrogen and oxygen atoms in total. The van der Waals surface area contributed by atoms with Gasteiger partial charge in [-0.25, -0.2) is 13.8 Å². The van der Waals surface area contributed by atoms with Gasteiger partial charge in [0.25, 0.3) is 17.2 Å². The van der Waals surface area contributed by atoms with Crippen LogP contribution in [0.5, 0.6) is 5.75 Å². The van der Waals surface area contributed by atoms with Crippen molar-refractivity contribution in [2.24, 2.45) is 0 Å². The number of amides is 1. The molecule has 0 saturated heterocycles. The highest BCUT2D eigenvalue weighted by atomic mass is 19.1. The van der Waals surface area contributed by atoms with Gasteiger partial charge in [0.2, 0.25) is 0 Å². The number of anilines is 1. The first-order chi connectivity index (χ1) is 13.8. The number of nitro benzene ring substituents is 1. The molecule has 1 amide bonds. The van der Waals surface area contributed by atoms with Crippen molar-refractivity contribution < 1.29 is 18.8 Å². The number of non-ortho nitro benzene ring substituents is 1. The Kier molecular flexibility index (Phi) is 5.21. The third-order valence-corrected chi connectivity index (χ3v) is 3.95. The summed E-state index contributed by atoms with van der Waals surface area (Å²) in [4.78, 5) is 49.9. The van der Waals surface area contributed by atoms with E-state index in [2.05, 4.69) is 10.3 Å². The summed E-state index contributed by atoms with van der Waals surface area (Å²) in [6.07, 6.45) is 0.920. The van der Waals surface area contributed by atoms with E-state index in [0.29, 0.717) is 4.57 Å². The number of methoxy groups -OCH3 is 1. The second-order valence-electron chi connectivity index (χ2n) is 5.72. The molecule has 0 aliphatic heterocycles. The lowest BCUT2D eigenvalue weighted by Gasteiger charge is -2.11. The number of aromatic amines is 1. The smallest absolute Gasteiger partial charge is 0.333 e. The molecule has 1 aromatic heterocycles. The van der Waals surface area contributed by atoms with Crippen LogP contribution in [-0.2, 0) is 0 Å². The zero-order valence-corrected chi connectivity index (χ0v) is 14.8. The lowest BCUT2D eigenvalue weighted by molar-refractivity contribution is -0.384. The summed E-state index contributed by atoms with van der Waals surface area (Å²) in [7, 11) is 1.30. The monoisotopic (exact) mass is 400 g/mol. The van der Waals surface area contributed by atoms with Crippen LogP contribution in [0.25, 0.3) is 5.69 Å². The summed E-state index contributed by atoms with van der Waals surface area (Å²) < 4.78 is 18.8. The number of benzene rings is 2. The van der Waals surface area contributed by atoms with Crippen LogP contribution in [0.15, 0.2) is 58.3 Å². The summed E-state index contributed by atoms with van der Waals surface area (Å²) in [6.45, 7) is 0. The van der Waals surface area contributed by atoms with E-state index in [4.69, 9.17) is 4.74 Å². The number of rotatable bonds is 5. The molecule has 0 saturated carbocycles. The van der Waals surface area contributed by atoms with Crippen molar-refractivity contribution in [3.63, 3.8) is 0 Å². The van der Waals surface area contributed by atoms with E-state index in [-0.39, 0.29) is 22.8 Å². The molecular formula is C18H13FN4O6. The van der Waals surface area contributed by atoms with Gasteiger partial charge in [-0.2, -0.15) is 0 Å². The lowest BCUT2D eigenvalue weighted by atomic mass is 10.2. The Hall–Kier alpha value is -4.28. The van der Waals surface area contributed by atoms with Gasteiger partial charge < -0.3 is 15.0 Å². The molecule has 0 atom stereocenters. The van der Waals surface area contributed by atoms with Gasteiger partial charge in [0.15, 0.2) is 0 Å². The average molecular weight is 400 g/mol. The third kappa shape index (κ3) is 3.88. The number of nitrogens with one attached hydrogen (secondary N) is 2. The number of hydrogen-bond acceptors (Lipinski definition) is 6. The SMILES string of the molecule is COc1ccc([N+](=O)[O-])cc1NC(=O)c1c[nH]c(=O)n(-c2ccc(F)cc2)c1=O. The summed E-state index contributed by atoms with van der Waals surface area (Å²) in [6, 6.07) is 8.08. The second-order valence-corrected chi connectivity index (χ2v) is 5.72. The third-order valence-electron chi connectivity index (χ3n) is 3.95. The highest BCUT2D eigenvalue weighted by Gasteiger charge is 2.19. The first-order valence-corrected chi connectivity index (χ1v) is 8.06. The molecule has 2 aromatic carbocycles. The minimum atomic E-state index is -0.956. The van der Waals surface area contributed by atoms with Gasteiger partial charge in [0, 0.05) is 18.3 Å². The molecule has 11 heteroatoms. The fourth-order valence-corrected chi connectivity index (χ4v) is 2.56. The van der Waals surface area contributed by atoms with Crippen LogP contribution in [0.1, 0.15) is 10.4 Å². The molecule has 0 fully saturated rings. The molecule has 29 heavy (non-hydrogen) atoms. The largest absolute Gasteiger partial charge is 0.495 e. The number of nitrogens with zero attached hydrogens (tertiary/aromatic N) is 2. The highest BCUT2D eigenvalue weighted by molar-refractivity contribution is 6.04. The van der Waals surface area contributed by atoms with E-state index in [0.717, 1.165) is 24.4 Å². The van der Waals surface area contributed by atoms with Gasteiger partial charge in [-0.3, -0.25) is 19.7 Å². The predicted octanol–water partition coefficient (Wildman–Crippen LogP) is 1.83. The van der Waals surface area contributed by atoms with Crippen molar-refractivity contribution >= 4 is 17.3 Å². The highest BCUT2D eigenvalue weighted by Crippen LogP contribution is 2.29. The van der Waals surface area contributed by atoms with Crippen LogP contribution in [-0.4, -0.2) is 27.5 Å². The lowest BCUT2D eigenvalue weighted by Crippen LogP contribution is -2.38. The molecule has 0 unspecified atom stereocenters. The summed E-state index contributed by atoms with van der Waals surface area (Å²) in [5, 5.41) is 13.3. The maximum absolute atomic E-state index is 13.1. The van der Waals surface area contributed by atoms with Crippen molar-refractivity contribution in [1.82, 2.24) is 9.55 Å². The average Bonchev–Trinajstić information content (AvgIpc) is 2.69. The summed E-state index contributed by atoms with van der Waals surface area (Å²) in [5.74, 6) is -1.36. The normalized spacial score (nSPS) is 10.4. The van der Waals surface area contributed by atoms with Gasteiger partial charge in [-0.05, 0) is 30.3 Å². The molecule has 1 heterocycles. The van der Waals surface area contributed by atoms with E-state index in [9.17, 15) is 28.9 Å². The number of carbonyl (C=O) groups is 1. The van der Waals surface area contributed by atoms with E-state index in [1.807, 2.05) is 0 Å². The Bertz CT molecular complexity index is 1220. The Morgan fingerprint density at radius 3 is 2.52 bits per heavy atom. The minimum Gasteiger partial charge on any atom is -0.495 e. The van der Waals surface area contributed by atoms with Crippen LogP contribution in [0.3, 0.4) is 0 Å². The van der Waals surface area contributed by atoms with E-state index < -0.39 is 33.5 Å². The molecule has 0 bridgehead atoms. The van der Waals surface area contributed by atoms with Crippen LogP contribution < -0.4 is 21.3 Å². The van der Waals surface area contributed by atoms with Crippen molar-refractivity contribution in [2.75, 3.05) is 12.4 Å². The number of halogens is 1. The van der Waals surface area contributed by atoms with Gasteiger partial charge in [-0.1, -0.05) is 0 Å². The number of hydrogen-bond donors (Lipinski definition) is 2. The summed E-state index contributed by atoms with van der Waals surface area (Å²) >= 11 is 0. The quantitative estimate of drug-likeness (QED) is 0.495. The number of ether oxygens (including phenoxy) is 1. The van der Waals surface area contributed by atoms with Gasteiger partial charge in [0.05, 0.1) is 23.4 Å². The molecule has 0 spiro atoms. The van der Waals surface area contributed by atoms with E-state index >= 15 is 0 Å². The van der Waals surface area contributed by atoms with Crippen molar-refractivity contribution in [3.8, 4) is 11.4 Å². The summed E-state index contributed by atoms with van der Waals surface area (Å²) in [5.41, 5.74) is -2.51. The maximum atomic E-state index is 13.1. The minimum absolute atomic E-state index is 0.0365. The first-order valence-electron chi connectivity index (χ1n) is 8.06. The Morgan fingerprint density at radius 2 is 1.90 bits per heavy atom. The number of carbonyl (C=O) groups excluding carboxylic acids is 1. The molecule has 0 aliphatic rings. The Morgan fingerprint density at radius 1 is 1.21 bits per heavy atom. The molecule has 0 radical (unpaired) electrons. The topological polar surface area (TPSA) is 136 Å². The molecule has 148 valence electrons. The van der Waals surface area contributed by atoms with Crippen LogP contribution in [0.4, 0.5) is 15.8 Å². The van der Waals surface area contributed by atoms with Crippen molar-refractivity contribution in [2.45, 2.75) is 0 Å². The molecular weight excluding hydrogens is 387 g/mol. The standard InChI is InChI=1S/C18H13FN4O6/c1-29-15-7-6-12(23(27)28)8-14(15)21-16(24)13-9-20-18(26)22(17(13)25)11-4-2-10(19)3-5-11/h2-9H,1H3,(H,20,26)(H,21,24). The maximum Gasteiger partial charge on any atom is 0.333 e. The van der Waals surface area contributed by atoms with E-state index in [1.165, 1.54) is 31.4 Å². The fraction of sp³-hybridized carbons (Fsp3) is 0.0556. The van der Waals surface area contributed by atoms with Crippen LogP contribution >= 0.6 is 0 Å². The predicted molar refractivity (Wildman–Crippen MR) is 100 cm³/mol. The van der Waals surface area contributed by atoms with Gasteiger partial charge >= 0.3 is 5.69 Å². The van der Waals surface area contributed by atoms with Crippen molar-refractivity contribution in [3.05, 3.63) is 91.0 Å². The number of aromatic nitrogens is 2. The zero-order chi connectivity index (χ0) is 21.1. The fourth-order valence-electron chi connectivity index (χ4n) is 2.56. The van der Waals surface area contributed by atoms with Gasteiger partial charge in [-0.15, -0.1) is 0 Å². The first kappa shape index (κ1) is 19.5. The molecule has 2 N–H and O–H groups in total. The number of H-pyrrole nitrogens is 1. The van der Waals surface area contributed by atoms with Crippen LogP contribution in [0, 0.1) is 15.9 Å². The Labute approximate surface area is 161 Å². The van der Waals surface area contributed by atoms with Crippen molar-refractivity contribution in [1.29, 1.82) is 0 Å². The Balaban J connectivity index is 2.03. The molecule has 3 aromatic rings. The van der Waals surface area contributed by atoms with Crippen LogP contribution in [0.2, 0.25) is 0 Å². The number of nitro groups is 1.